The molecule has 0 spiro atoms. The molecule has 92 valence electrons. The van der Waals surface area contributed by atoms with Gasteiger partial charge in [0.05, 0.1) is 12.6 Å². The maximum Gasteiger partial charge on any atom is 0.239 e. The number of ether oxygens (including phenoxy) is 1. The van der Waals surface area contributed by atoms with Crippen LogP contribution < -0.4 is 10.5 Å². The van der Waals surface area contributed by atoms with Gasteiger partial charge in [-0.25, -0.2) is 0 Å². The van der Waals surface area contributed by atoms with E-state index >= 15 is 0 Å². The van der Waals surface area contributed by atoms with Gasteiger partial charge in [0.2, 0.25) is 5.91 Å². The fraction of sp³-hybridized carbons (Fsp3) is 0.462. The van der Waals surface area contributed by atoms with E-state index in [1.54, 1.807) is 14.1 Å². The van der Waals surface area contributed by atoms with Gasteiger partial charge in [0, 0.05) is 20.5 Å². The van der Waals surface area contributed by atoms with Crippen LogP contribution in [0.4, 0.5) is 0 Å². The third-order valence-electron chi connectivity index (χ3n) is 2.97. The summed E-state index contributed by atoms with van der Waals surface area (Å²) in [4.78, 5) is 13.2. The first-order chi connectivity index (χ1) is 8.08. The normalized spacial score (nSPS) is 15.0. The van der Waals surface area contributed by atoms with E-state index in [0.29, 0.717) is 6.42 Å². The van der Waals surface area contributed by atoms with E-state index in [1.807, 2.05) is 12.1 Å². The molecular weight excluding hydrogens is 216 g/mol. The molecule has 1 aliphatic heterocycles. The summed E-state index contributed by atoms with van der Waals surface area (Å²) in [7, 11) is 3.44. The van der Waals surface area contributed by atoms with Crippen LogP contribution in [0.3, 0.4) is 0 Å². The monoisotopic (exact) mass is 234 g/mol. The lowest BCUT2D eigenvalue weighted by Gasteiger charge is -2.16. The predicted molar refractivity (Wildman–Crippen MR) is 66.0 cm³/mol. The van der Waals surface area contributed by atoms with Crippen molar-refractivity contribution in [1.82, 2.24) is 4.90 Å². The molecule has 0 saturated heterocycles. The molecule has 1 atom stereocenters. The van der Waals surface area contributed by atoms with Crippen molar-refractivity contribution >= 4 is 5.91 Å². The van der Waals surface area contributed by atoms with Crippen LogP contribution in [0.25, 0.3) is 0 Å². The minimum atomic E-state index is -0.467. The molecule has 2 rings (SSSR count). The first-order valence-corrected chi connectivity index (χ1v) is 5.79. The number of nitrogens with zero attached hydrogens (tertiary/aromatic N) is 1. The molecule has 1 amide bonds. The van der Waals surface area contributed by atoms with Crippen molar-refractivity contribution in [3.05, 3.63) is 29.3 Å². The summed E-state index contributed by atoms with van der Waals surface area (Å²) >= 11 is 0. The maximum absolute atomic E-state index is 11.7. The van der Waals surface area contributed by atoms with Crippen LogP contribution in [0.15, 0.2) is 18.2 Å². The molecule has 1 heterocycles. The second-order valence-corrected chi connectivity index (χ2v) is 4.58. The van der Waals surface area contributed by atoms with Gasteiger partial charge in [0.1, 0.15) is 5.75 Å². The van der Waals surface area contributed by atoms with Crippen molar-refractivity contribution in [3.8, 4) is 5.75 Å². The number of nitrogens with two attached hydrogens (primary N) is 1. The third-order valence-corrected chi connectivity index (χ3v) is 2.97. The van der Waals surface area contributed by atoms with E-state index in [0.717, 1.165) is 24.3 Å². The van der Waals surface area contributed by atoms with Gasteiger partial charge in [-0.3, -0.25) is 4.79 Å². The molecule has 1 unspecified atom stereocenters. The number of carbonyl (C=O) groups excluding carboxylic acids is 1. The van der Waals surface area contributed by atoms with Crippen LogP contribution in [0.1, 0.15) is 11.1 Å². The van der Waals surface area contributed by atoms with Crippen LogP contribution in [-0.2, 0) is 17.6 Å². The zero-order chi connectivity index (χ0) is 12.4. The Morgan fingerprint density at radius 1 is 1.53 bits per heavy atom. The molecular formula is C13H18N2O2. The van der Waals surface area contributed by atoms with Crippen LogP contribution >= 0.6 is 0 Å². The minimum absolute atomic E-state index is 0.0400. The highest BCUT2D eigenvalue weighted by molar-refractivity contribution is 5.81. The van der Waals surface area contributed by atoms with Gasteiger partial charge in [0.25, 0.3) is 0 Å². The summed E-state index contributed by atoms with van der Waals surface area (Å²) in [5.41, 5.74) is 8.18. The maximum atomic E-state index is 11.7. The molecule has 1 aliphatic rings. The average Bonchev–Trinajstić information content (AvgIpc) is 2.74. The van der Waals surface area contributed by atoms with Gasteiger partial charge in [-0.1, -0.05) is 12.1 Å². The number of carbonyl (C=O) groups is 1. The van der Waals surface area contributed by atoms with Gasteiger partial charge in [-0.05, 0) is 23.6 Å². The topological polar surface area (TPSA) is 55.6 Å². The molecule has 0 fully saturated rings. The summed E-state index contributed by atoms with van der Waals surface area (Å²) in [5, 5.41) is 0. The number of likely N-dealkylation sites (N-methyl/N-ethyl adjacent to an activating group) is 1. The Morgan fingerprint density at radius 2 is 2.29 bits per heavy atom. The fourth-order valence-corrected chi connectivity index (χ4v) is 2.04. The molecule has 0 aliphatic carbocycles. The number of rotatable bonds is 3. The lowest BCUT2D eigenvalue weighted by atomic mass is 10.0. The Balaban J connectivity index is 2.06. The van der Waals surface area contributed by atoms with E-state index in [4.69, 9.17) is 10.5 Å². The lowest BCUT2D eigenvalue weighted by molar-refractivity contribution is -0.130. The van der Waals surface area contributed by atoms with E-state index in [9.17, 15) is 4.79 Å². The Bertz CT molecular complexity index is 429. The van der Waals surface area contributed by atoms with Crippen molar-refractivity contribution in [3.63, 3.8) is 0 Å². The Labute approximate surface area is 101 Å². The van der Waals surface area contributed by atoms with E-state index < -0.39 is 6.04 Å². The SMILES string of the molecule is CN(C)C(=O)C(N)Cc1ccc2c(c1)CCO2. The highest BCUT2D eigenvalue weighted by Crippen LogP contribution is 2.26. The minimum Gasteiger partial charge on any atom is -0.493 e. The predicted octanol–water partition coefficient (Wildman–Crippen LogP) is 0.579. The Kier molecular flexibility index (Phi) is 3.33. The molecule has 1 aromatic rings. The first kappa shape index (κ1) is 11.9. The smallest absolute Gasteiger partial charge is 0.239 e. The van der Waals surface area contributed by atoms with Crippen LogP contribution in [0.2, 0.25) is 0 Å². The molecule has 0 saturated carbocycles. The number of fused-ring (bicyclic) bond motifs is 1. The molecule has 1 aromatic carbocycles. The van der Waals surface area contributed by atoms with Gasteiger partial charge < -0.3 is 15.4 Å². The highest BCUT2D eigenvalue weighted by Gasteiger charge is 2.18. The molecule has 0 aromatic heterocycles. The Morgan fingerprint density at radius 3 is 3.00 bits per heavy atom. The lowest BCUT2D eigenvalue weighted by Crippen LogP contribution is -2.41. The zero-order valence-corrected chi connectivity index (χ0v) is 10.3. The van der Waals surface area contributed by atoms with Gasteiger partial charge in [0.15, 0.2) is 0 Å². The van der Waals surface area contributed by atoms with Gasteiger partial charge in [-0.2, -0.15) is 0 Å². The summed E-state index contributed by atoms with van der Waals surface area (Å²) in [6.07, 6.45) is 1.52. The molecule has 0 bridgehead atoms. The van der Waals surface area contributed by atoms with E-state index in [-0.39, 0.29) is 5.91 Å². The summed E-state index contributed by atoms with van der Waals surface area (Å²) < 4.78 is 5.44. The van der Waals surface area contributed by atoms with Crippen LogP contribution in [-0.4, -0.2) is 37.6 Å². The number of hydrogen-bond donors (Lipinski definition) is 1. The third kappa shape index (κ3) is 2.58. The summed E-state index contributed by atoms with van der Waals surface area (Å²) in [6, 6.07) is 5.56. The highest BCUT2D eigenvalue weighted by atomic mass is 16.5. The van der Waals surface area contributed by atoms with Crippen molar-refractivity contribution < 1.29 is 9.53 Å². The van der Waals surface area contributed by atoms with Crippen LogP contribution in [0.5, 0.6) is 5.75 Å². The number of benzene rings is 1. The van der Waals surface area contributed by atoms with Crippen molar-refractivity contribution in [2.45, 2.75) is 18.9 Å². The average molecular weight is 234 g/mol. The summed E-state index contributed by atoms with van der Waals surface area (Å²) in [5.74, 6) is 0.919. The quantitative estimate of drug-likeness (QED) is 0.832. The molecule has 17 heavy (non-hydrogen) atoms. The van der Waals surface area contributed by atoms with Crippen molar-refractivity contribution in [2.24, 2.45) is 5.73 Å². The Hall–Kier alpha value is -1.55. The second-order valence-electron chi connectivity index (χ2n) is 4.58. The fourth-order valence-electron chi connectivity index (χ4n) is 2.04. The number of hydrogen-bond acceptors (Lipinski definition) is 3. The van der Waals surface area contributed by atoms with E-state index in [2.05, 4.69) is 6.07 Å². The molecule has 4 nitrogen and oxygen atoms in total. The van der Waals surface area contributed by atoms with Gasteiger partial charge in [-0.15, -0.1) is 0 Å². The number of amides is 1. The molecule has 4 heteroatoms. The van der Waals surface area contributed by atoms with Gasteiger partial charge >= 0.3 is 0 Å². The largest absolute Gasteiger partial charge is 0.493 e. The molecule has 0 radical (unpaired) electrons. The zero-order valence-electron chi connectivity index (χ0n) is 10.3. The van der Waals surface area contributed by atoms with E-state index in [1.165, 1.54) is 10.5 Å². The summed E-state index contributed by atoms with van der Waals surface area (Å²) in [6.45, 7) is 0.751. The standard InChI is InChI=1S/C13H18N2O2/c1-15(2)13(16)11(14)8-9-3-4-12-10(7-9)5-6-17-12/h3-4,7,11H,5-6,8,14H2,1-2H3. The van der Waals surface area contributed by atoms with Crippen LogP contribution in [0, 0.1) is 0 Å². The first-order valence-electron chi connectivity index (χ1n) is 5.79. The van der Waals surface area contributed by atoms with Crippen molar-refractivity contribution in [2.75, 3.05) is 20.7 Å². The molecule has 2 N–H and O–H groups in total. The van der Waals surface area contributed by atoms with Crippen molar-refractivity contribution in [1.29, 1.82) is 0 Å². The second kappa shape index (κ2) is 4.75.